The van der Waals surface area contributed by atoms with Gasteiger partial charge in [-0.2, -0.15) is 0 Å². The van der Waals surface area contributed by atoms with Crippen molar-refractivity contribution in [3.8, 4) is 0 Å². The lowest BCUT2D eigenvalue weighted by Crippen LogP contribution is -2.48. The normalized spacial score (nSPS) is 12.5. The second-order valence-electron chi connectivity index (χ2n) is 5.12. The van der Waals surface area contributed by atoms with Crippen LogP contribution in [0.5, 0.6) is 0 Å². The van der Waals surface area contributed by atoms with Gasteiger partial charge in [-0.15, -0.1) is 0 Å². The number of amides is 1. The Labute approximate surface area is 148 Å². The zero-order valence-electron chi connectivity index (χ0n) is 13.4. The molecule has 0 aromatic heterocycles. The topological polar surface area (TPSA) is 133 Å². The van der Waals surface area contributed by atoms with E-state index in [4.69, 9.17) is 15.2 Å². The maximum Gasteiger partial charge on any atom is 0.349 e. The summed E-state index contributed by atoms with van der Waals surface area (Å²) in [4.78, 5) is 47.2. The summed E-state index contributed by atoms with van der Waals surface area (Å²) in [6.07, 6.45) is -4.08. The van der Waals surface area contributed by atoms with Crippen molar-refractivity contribution >= 4 is 23.8 Å². The molecule has 8 nitrogen and oxygen atoms in total. The van der Waals surface area contributed by atoms with E-state index in [1.807, 2.05) is 0 Å². The van der Waals surface area contributed by atoms with Crippen LogP contribution in [0.2, 0.25) is 0 Å². The summed E-state index contributed by atoms with van der Waals surface area (Å²) >= 11 is 0. The molecule has 0 radical (unpaired) electrons. The number of hydrogen-bond acceptors (Lipinski definition) is 6. The highest BCUT2D eigenvalue weighted by atomic mass is 16.6. The first-order valence-corrected chi connectivity index (χ1v) is 7.44. The van der Waals surface area contributed by atoms with Gasteiger partial charge in [-0.1, -0.05) is 36.4 Å². The molecule has 0 saturated carbocycles. The summed E-state index contributed by atoms with van der Waals surface area (Å²) in [7, 11) is 0. The van der Waals surface area contributed by atoms with Crippen LogP contribution in [0.15, 0.2) is 60.7 Å². The standard InChI is InChI=1S/C18H15NO7/c19-15(20)13(25-17(23)11-7-3-1-4-8-11)14(16(21)22)26-18(24)12-9-5-2-6-10-12/h1-10,13-14H,(H2,19,20)(H,21,22)/t13-,14+/m1/s1. The van der Waals surface area contributed by atoms with Gasteiger partial charge < -0.3 is 20.3 Å². The van der Waals surface area contributed by atoms with Gasteiger partial charge >= 0.3 is 17.9 Å². The molecule has 0 aliphatic heterocycles. The molecule has 0 fully saturated rings. The lowest BCUT2D eigenvalue weighted by Gasteiger charge is -2.21. The monoisotopic (exact) mass is 357 g/mol. The van der Waals surface area contributed by atoms with Crippen molar-refractivity contribution in [3.63, 3.8) is 0 Å². The molecule has 1 amide bonds. The first-order chi connectivity index (χ1) is 12.4. The van der Waals surface area contributed by atoms with E-state index in [0.29, 0.717) is 0 Å². The summed E-state index contributed by atoms with van der Waals surface area (Å²) in [5.41, 5.74) is 5.29. The van der Waals surface area contributed by atoms with Crippen LogP contribution in [0.25, 0.3) is 0 Å². The third-order valence-electron chi connectivity index (χ3n) is 3.29. The van der Waals surface area contributed by atoms with Crippen molar-refractivity contribution in [2.45, 2.75) is 12.2 Å². The second kappa shape index (κ2) is 8.43. The first-order valence-electron chi connectivity index (χ1n) is 7.44. The van der Waals surface area contributed by atoms with E-state index in [1.165, 1.54) is 24.3 Å². The first kappa shape index (κ1) is 18.7. The Morgan fingerprint density at radius 3 is 1.46 bits per heavy atom. The third kappa shape index (κ3) is 4.67. The van der Waals surface area contributed by atoms with Crippen LogP contribution in [-0.2, 0) is 19.1 Å². The van der Waals surface area contributed by atoms with Crippen LogP contribution in [0, 0.1) is 0 Å². The fourth-order valence-electron chi connectivity index (χ4n) is 2.03. The lowest BCUT2D eigenvalue weighted by atomic mass is 10.1. The zero-order chi connectivity index (χ0) is 19.1. The highest BCUT2D eigenvalue weighted by Gasteiger charge is 2.39. The molecule has 0 aliphatic carbocycles. The summed E-state index contributed by atoms with van der Waals surface area (Å²) < 4.78 is 9.73. The van der Waals surface area contributed by atoms with E-state index in [2.05, 4.69) is 0 Å². The molecule has 2 atom stereocenters. The fourth-order valence-corrected chi connectivity index (χ4v) is 2.03. The van der Waals surface area contributed by atoms with Crippen molar-refractivity contribution in [1.82, 2.24) is 0 Å². The Bertz CT molecular complexity index is 735. The minimum atomic E-state index is -2.09. The van der Waals surface area contributed by atoms with Gasteiger partial charge in [-0.3, -0.25) is 4.79 Å². The maximum atomic E-state index is 12.1. The number of primary amides is 1. The molecule has 0 spiro atoms. The molecule has 0 saturated heterocycles. The number of carbonyl (C=O) groups excluding carboxylic acids is 3. The molecule has 26 heavy (non-hydrogen) atoms. The third-order valence-corrected chi connectivity index (χ3v) is 3.29. The van der Waals surface area contributed by atoms with Crippen LogP contribution < -0.4 is 5.73 Å². The van der Waals surface area contributed by atoms with Crippen LogP contribution >= 0.6 is 0 Å². The largest absolute Gasteiger partial charge is 0.478 e. The molecule has 2 aromatic carbocycles. The number of esters is 2. The van der Waals surface area contributed by atoms with E-state index in [9.17, 15) is 24.3 Å². The van der Waals surface area contributed by atoms with Gasteiger partial charge in [0.05, 0.1) is 11.1 Å². The molecule has 8 heteroatoms. The van der Waals surface area contributed by atoms with Crippen LogP contribution in [0.1, 0.15) is 20.7 Å². The van der Waals surface area contributed by atoms with Gasteiger partial charge in [-0.25, -0.2) is 14.4 Å². The van der Waals surface area contributed by atoms with Crippen LogP contribution in [0.4, 0.5) is 0 Å². The molecular formula is C18H15NO7. The number of aliphatic carboxylic acids is 1. The molecule has 0 heterocycles. The highest BCUT2D eigenvalue weighted by molar-refractivity contribution is 5.96. The molecule has 2 rings (SSSR count). The van der Waals surface area contributed by atoms with Crippen molar-refractivity contribution in [1.29, 1.82) is 0 Å². The van der Waals surface area contributed by atoms with Crippen molar-refractivity contribution in [2.24, 2.45) is 5.73 Å². The summed E-state index contributed by atoms with van der Waals surface area (Å²) in [5.74, 6) is -4.92. The number of hydrogen-bond donors (Lipinski definition) is 2. The number of ether oxygens (including phenoxy) is 2. The Hall–Kier alpha value is -3.68. The molecule has 2 aromatic rings. The Morgan fingerprint density at radius 1 is 0.731 bits per heavy atom. The minimum absolute atomic E-state index is 0.0661. The van der Waals surface area contributed by atoms with Gasteiger partial charge in [0.2, 0.25) is 12.2 Å². The Balaban J connectivity index is 2.20. The lowest BCUT2D eigenvalue weighted by molar-refractivity contribution is -0.158. The van der Waals surface area contributed by atoms with Crippen LogP contribution in [-0.4, -0.2) is 41.1 Å². The van der Waals surface area contributed by atoms with E-state index in [-0.39, 0.29) is 11.1 Å². The van der Waals surface area contributed by atoms with E-state index < -0.39 is 36.0 Å². The van der Waals surface area contributed by atoms with Gasteiger partial charge in [0.15, 0.2) is 0 Å². The number of rotatable bonds is 7. The second-order valence-corrected chi connectivity index (χ2v) is 5.12. The quantitative estimate of drug-likeness (QED) is 0.706. The van der Waals surface area contributed by atoms with Crippen LogP contribution in [0.3, 0.4) is 0 Å². The van der Waals surface area contributed by atoms with Gasteiger partial charge in [-0.05, 0) is 24.3 Å². The average molecular weight is 357 g/mol. The fraction of sp³-hybridized carbons (Fsp3) is 0.111. The number of carbonyl (C=O) groups is 4. The summed E-state index contributed by atoms with van der Waals surface area (Å²) in [6.45, 7) is 0. The number of carboxylic acid groups (broad SMARTS) is 1. The Morgan fingerprint density at radius 2 is 1.12 bits per heavy atom. The predicted molar refractivity (Wildman–Crippen MR) is 88.1 cm³/mol. The highest BCUT2D eigenvalue weighted by Crippen LogP contribution is 2.12. The zero-order valence-corrected chi connectivity index (χ0v) is 13.4. The van der Waals surface area contributed by atoms with Crippen molar-refractivity contribution < 1.29 is 33.8 Å². The number of nitrogens with two attached hydrogens (primary N) is 1. The number of carboxylic acids is 1. The molecular weight excluding hydrogens is 342 g/mol. The predicted octanol–water partition coefficient (Wildman–Crippen LogP) is 1.01. The van der Waals surface area contributed by atoms with E-state index in [0.717, 1.165) is 0 Å². The van der Waals surface area contributed by atoms with Gasteiger partial charge in [0.25, 0.3) is 5.91 Å². The van der Waals surface area contributed by atoms with Crippen molar-refractivity contribution in [2.75, 3.05) is 0 Å². The SMILES string of the molecule is NC(=O)[C@H](OC(=O)c1ccccc1)[C@H](OC(=O)c1ccccc1)C(=O)O. The van der Waals surface area contributed by atoms with E-state index >= 15 is 0 Å². The average Bonchev–Trinajstić information content (AvgIpc) is 2.65. The molecule has 0 bridgehead atoms. The smallest absolute Gasteiger partial charge is 0.349 e. The molecule has 3 N–H and O–H groups in total. The maximum absolute atomic E-state index is 12.1. The Kier molecular flexibility index (Phi) is 6.05. The molecule has 0 aliphatic rings. The summed E-state index contributed by atoms with van der Waals surface area (Å²) in [6, 6.07) is 15.1. The van der Waals surface area contributed by atoms with Gasteiger partial charge in [0.1, 0.15) is 0 Å². The van der Waals surface area contributed by atoms with E-state index in [1.54, 1.807) is 36.4 Å². The van der Waals surface area contributed by atoms with Crippen molar-refractivity contribution in [3.05, 3.63) is 71.8 Å². The molecule has 0 unspecified atom stereocenters. The summed E-state index contributed by atoms with van der Waals surface area (Å²) in [5, 5.41) is 9.30. The minimum Gasteiger partial charge on any atom is -0.478 e. The molecule has 134 valence electrons. The number of benzene rings is 2. The van der Waals surface area contributed by atoms with Gasteiger partial charge in [0, 0.05) is 0 Å².